The van der Waals surface area contributed by atoms with Crippen molar-refractivity contribution in [3.63, 3.8) is 0 Å². The Labute approximate surface area is 328 Å². The fraction of sp³-hybridized carbons (Fsp3) is 0.0732. The van der Waals surface area contributed by atoms with E-state index in [0.717, 1.165) is 45.4 Å². The van der Waals surface area contributed by atoms with E-state index in [4.69, 9.17) is 36.3 Å². The zero-order valence-electron chi connectivity index (χ0n) is 30.1. The number of anilines is 3. The van der Waals surface area contributed by atoms with Gasteiger partial charge in [-0.25, -0.2) is 19.6 Å². The molecule has 0 fully saturated rings. The van der Waals surface area contributed by atoms with Crippen LogP contribution in [0.25, 0.3) is 21.8 Å². The summed E-state index contributed by atoms with van der Waals surface area (Å²) in [6, 6.07) is 33.5. The highest BCUT2D eigenvalue weighted by molar-refractivity contribution is 6.31. The molecule has 0 aliphatic carbocycles. The van der Waals surface area contributed by atoms with Crippen molar-refractivity contribution in [2.75, 3.05) is 30.2 Å². The van der Waals surface area contributed by atoms with E-state index in [1.807, 2.05) is 42.5 Å². The number of nitrogens with two attached hydrogens (primary N) is 1. The number of carbonyl (C=O) groups excluding carboxylic acids is 2. The summed E-state index contributed by atoms with van der Waals surface area (Å²) in [6.07, 6.45) is -4.63. The van der Waals surface area contributed by atoms with E-state index in [-0.39, 0.29) is 5.69 Å². The van der Waals surface area contributed by atoms with Crippen molar-refractivity contribution in [1.29, 1.82) is 0 Å². The topological polar surface area (TPSA) is 159 Å². The maximum atomic E-state index is 13.0. The average molecular weight is 797 g/mol. The van der Waals surface area contributed by atoms with Gasteiger partial charge in [0.15, 0.2) is 0 Å². The minimum Gasteiger partial charge on any atom is -0.497 e. The first-order valence-corrected chi connectivity index (χ1v) is 17.2. The number of amides is 4. The number of nitrogens with one attached hydrogen (secondary N) is 3. The van der Waals surface area contributed by atoms with Crippen LogP contribution >= 0.6 is 11.6 Å². The first-order valence-electron chi connectivity index (χ1n) is 16.8. The number of methoxy groups -OCH3 is 2. The van der Waals surface area contributed by atoms with Crippen LogP contribution in [-0.4, -0.2) is 36.2 Å². The fourth-order valence-electron chi connectivity index (χ4n) is 5.25. The molecule has 290 valence electrons. The number of ether oxygens (including phenoxy) is 4. The number of halogens is 4. The summed E-state index contributed by atoms with van der Waals surface area (Å²) in [7, 11) is 3.22. The van der Waals surface area contributed by atoms with Crippen LogP contribution in [0.3, 0.4) is 0 Å². The number of primary amides is 1. The van der Waals surface area contributed by atoms with Gasteiger partial charge in [0.1, 0.15) is 23.0 Å². The molecule has 0 saturated heterocycles. The molecule has 7 aromatic rings. The van der Waals surface area contributed by atoms with Gasteiger partial charge in [-0.15, -0.1) is 0 Å². The number of carbonyl (C=O) groups is 2. The predicted molar refractivity (Wildman–Crippen MR) is 212 cm³/mol. The van der Waals surface area contributed by atoms with E-state index in [9.17, 15) is 22.8 Å². The van der Waals surface area contributed by atoms with Crippen LogP contribution in [0.5, 0.6) is 34.8 Å². The van der Waals surface area contributed by atoms with Crippen molar-refractivity contribution in [1.82, 2.24) is 9.97 Å². The van der Waals surface area contributed by atoms with Crippen LogP contribution in [-0.2, 0) is 6.18 Å². The van der Waals surface area contributed by atoms with Crippen molar-refractivity contribution >= 4 is 62.5 Å². The van der Waals surface area contributed by atoms with Crippen molar-refractivity contribution in [3.05, 3.63) is 138 Å². The molecule has 4 amide bonds. The highest BCUT2D eigenvalue weighted by Crippen LogP contribution is 2.36. The Balaban J connectivity index is 0.000000208. The molecule has 2 aromatic heterocycles. The second-order valence-corrected chi connectivity index (χ2v) is 12.3. The maximum Gasteiger partial charge on any atom is 0.417 e. The number of benzene rings is 5. The summed E-state index contributed by atoms with van der Waals surface area (Å²) < 4.78 is 60.8. The number of aromatic nitrogens is 2. The zero-order chi connectivity index (χ0) is 40.5. The molecule has 0 bridgehead atoms. The summed E-state index contributed by atoms with van der Waals surface area (Å²) in [5.41, 5.74) is 6.55. The third-order valence-electron chi connectivity index (χ3n) is 7.95. The normalized spacial score (nSPS) is 10.8. The molecule has 0 spiro atoms. The minimum atomic E-state index is -4.63. The van der Waals surface area contributed by atoms with Gasteiger partial charge in [-0.05, 0) is 115 Å². The first kappa shape index (κ1) is 39.4. The lowest BCUT2D eigenvalue weighted by molar-refractivity contribution is -0.137. The third kappa shape index (κ3) is 10.7. The second kappa shape index (κ2) is 17.5. The van der Waals surface area contributed by atoms with Crippen molar-refractivity contribution in [2.24, 2.45) is 5.73 Å². The van der Waals surface area contributed by atoms with Crippen LogP contribution in [0.1, 0.15) is 5.56 Å². The van der Waals surface area contributed by atoms with Crippen LogP contribution in [0.2, 0.25) is 5.02 Å². The second-order valence-electron chi connectivity index (χ2n) is 11.9. The van der Waals surface area contributed by atoms with Crippen LogP contribution in [0, 0.1) is 0 Å². The molecular weight excluding hydrogens is 765 g/mol. The van der Waals surface area contributed by atoms with Gasteiger partial charge in [0.2, 0.25) is 11.8 Å². The number of fused-ring (bicyclic) bond motifs is 2. The summed E-state index contributed by atoms with van der Waals surface area (Å²) in [4.78, 5) is 31.9. The number of urea groups is 2. The van der Waals surface area contributed by atoms with Crippen molar-refractivity contribution in [3.8, 4) is 34.8 Å². The molecule has 16 heteroatoms. The number of nitrogens with zero attached hydrogens (tertiary/aromatic N) is 2. The van der Waals surface area contributed by atoms with Gasteiger partial charge in [-0.2, -0.15) is 13.2 Å². The molecule has 0 unspecified atom stereocenters. The molecule has 0 aliphatic heterocycles. The third-order valence-corrected chi connectivity index (χ3v) is 8.28. The summed E-state index contributed by atoms with van der Waals surface area (Å²) in [6.45, 7) is 0. The predicted octanol–water partition coefficient (Wildman–Crippen LogP) is 10.9. The largest absolute Gasteiger partial charge is 0.497 e. The van der Waals surface area contributed by atoms with Crippen LogP contribution < -0.4 is 40.6 Å². The van der Waals surface area contributed by atoms with Gasteiger partial charge >= 0.3 is 18.2 Å². The number of hydrogen-bond acceptors (Lipinski definition) is 8. The number of hydrogen-bond donors (Lipinski definition) is 4. The molecule has 0 atom stereocenters. The molecule has 57 heavy (non-hydrogen) atoms. The molecule has 0 radical (unpaired) electrons. The van der Waals surface area contributed by atoms with Gasteiger partial charge in [0.25, 0.3) is 0 Å². The van der Waals surface area contributed by atoms with Gasteiger partial charge in [0, 0.05) is 40.0 Å². The quantitative estimate of drug-likeness (QED) is 0.112. The Morgan fingerprint density at radius 3 is 1.47 bits per heavy atom. The zero-order valence-corrected chi connectivity index (χ0v) is 30.8. The average Bonchev–Trinajstić information content (AvgIpc) is 3.19. The monoisotopic (exact) mass is 796 g/mol. The van der Waals surface area contributed by atoms with E-state index in [2.05, 4.69) is 25.9 Å². The maximum absolute atomic E-state index is 13.0. The van der Waals surface area contributed by atoms with Crippen LogP contribution in [0.4, 0.5) is 39.8 Å². The van der Waals surface area contributed by atoms with E-state index < -0.39 is 28.8 Å². The Hall–Kier alpha value is -7.26. The highest BCUT2D eigenvalue weighted by Gasteiger charge is 2.33. The van der Waals surface area contributed by atoms with Gasteiger partial charge in [-0.3, -0.25) is 0 Å². The van der Waals surface area contributed by atoms with Gasteiger partial charge in [0.05, 0.1) is 35.8 Å². The first-order chi connectivity index (χ1) is 27.3. The van der Waals surface area contributed by atoms with E-state index in [0.29, 0.717) is 34.6 Å². The molecular formula is C41H32ClF3N6O6. The fourth-order valence-corrected chi connectivity index (χ4v) is 5.47. The lowest BCUT2D eigenvalue weighted by Gasteiger charge is -2.12. The van der Waals surface area contributed by atoms with E-state index in [1.54, 1.807) is 80.9 Å². The number of rotatable bonds is 9. The van der Waals surface area contributed by atoms with Crippen LogP contribution in [0.15, 0.2) is 127 Å². The standard InChI is InChI=1S/C24H17ClF3N3O3.C17H15N3O3/c1-33-18-8-10-21-14(12-18)2-11-22(31-21)34-17-6-3-15(4-7-17)29-23(32)30-16-5-9-20(25)19(13-16)24(26,27)28;1-22-14-7-8-15-11(10-14)2-9-16(20-15)23-13-5-3-12(4-6-13)19-17(18)21/h2-13H,1H3,(H2,29,30,32);2-10H,1H3,(H3,18,19,21). The number of pyridine rings is 2. The smallest absolute Gasteiger partial charge is 0.417 e. The molecule has 12 nitrogen and oxygen atoms in total. The molecule has 0 saturated carbocycles. The van der Waals surface area contributed by atoms with Crippen molar-refractivity contribution < 1.29 is 41.7 Å². The van der Waals surface area contributed by atoms with E-state index >= 15 is 0 Å². The summed E-state index contributed by atoms with van der Waals surface area (Å²) in [5, 5.41) is 8.80. The lowest BCUT2D eigenvalue weighted by Crippen LogP contribution is -2.19. The van der Waals surface area contributed by atoms with Crippen molar-refractivity contribution in [2.45, 2.75) is 6.18 Å². The molecule has 5 N–H and O–H groups in total. The number of alkyl halides is 3. The Morgan fingerprint density at radius 1 is 0.579 bits per heavy atom. The summed E-state index contributed by atoms with van der Waals surface area (Å²) >= 11 is 5.59. The van der Waals surface area contributed by atoms with E-state index in [1.165, 1.54) is 6.07 Å². The SMILES string of the molecule is COc1ccc2nc(Oc3ccc(NC(=O)Nc4ccc(Cl)c(C(F)(F)F)c4)cc3)ccc2c1.COc1ccc2nc(Oc3ccc(NC(N)=O)cc3)ccc2c1. The highest BCUT2D eigenvalue weighted by atomic mass is 35.5. The molecule has 7 rings (SSSR count). The lowest BCUT2D eigenvalue weighted by atomic mass is 10.2. The Morgan fingerprint density at radius 2 is 1.02 bits per heavy atom. The molecule has 0 aliphatic rings. The molecule has 2 heterocycles. The summed E-state index contributed by atoms with van der Waals surface area (Å²) in [5.74, 6) is 3.48. The Kier molecular flexibility index (Phi) is 12.1. The minimum absolute atomic E-state index is 0.0471. The van der Waals surface area contributed by atoms with Gasteiger partial charge < -0.3 is 40.6 Å². The van der Waals surface area contributed by atoms with Gasteiger partial charge in [-0.1, -0.05) is 11.6 Å². The molecule has 5 aromatic carbocycles. The Bertz CT molecular complexity index is 2540.